The molecule has 0 saturated heterocycles. The van der Waals surface area contributed by atoms with Crippen LogP contribution in [-0.2, 0) is 4.79 Å². The fourth-order valence-corrected chi connectivity index (χ4v) is 4.50. The molecule has 4 rings (SSSR count). The van der Waals surface area contributed by atoms with Crippen LogP contribution in [0.2, 0.25) is 5.02 Å². The lowest BCUT2D eigenvalue weighted by molar-refractivity contribution is -0.118. The van der Waals surface area contributed by atoms with E-state index in [4.69, 9.17) is 17.3 Å². The van der Waals surface area contributed by atoms with Gasteiger partial charge in [-0.25, -0.2) is 0 Å². The van der Waals surface area contributed by atoms with Crippen LogP contribution in [0.15, 0.2) is 77.3 Å². The summed E-state index contributed by atoms with van der Waals surface area (Å²) in [6.45, 7) is 4.18. The number of carbonyl (C=O) groups is 1. The van der Waals surface area contributed by atoms with Gasteiger partial charge in [-0.15, -0.1) is 0 Å². The molecule has 0 amide bonds. The molecule has 0 saturated carbocycles. The minimum absolute atomic E-state index is 0.0670. The number of anilines is 1. The molecule has 0 radical (unpaired) electrons. The summed E-state index contributed by atoms with van der Waals surface area (Å²) in [5.41, 5.74) is 10.0. The summed E-state index contributed by atoms with van der Waals surface area (Å²) < 4.78 is 0. The molecule has 2 aliphatic rings. The van der Waals surface area contributed by atoms with Crippen molar-refractivity contribution in [1.29, 1.82) is 5.26 Å². The highest BCUT2D eigenvalue weighted by atomic mass is 35.5. The second kappa shape index (κ2) is 7.09. The Hall–Kier alpha value is -3.03. The molecule has 0 aromatic heterocycles. The van der Waals surface area contributed by atoms with Crippen LogP contribution in [0.5, 0.6) is 0 Å². The van der Waals surface area contributed by atoms with Crippen molar-refractivity contribution in [3.63, 3.8) is 0 Å². The van der Waals surface area contributed by atoms with E-state index in [1.165, 1.54) is 0 Å². The van der Waals surface area contributed by atoms with Gasteiger partial charge in [0.05, 0.1) is 17.6 Å². The van der Waals surface area contributed by atoms with Crippen molar-refractivity contribution < 1.29 is 4.79 Å². The van der Waals surface area contributed by atoms with Crippen LogP contribution >= 0.6 is 11.6 Å². The molecule has 0 fully saturated rings. The van der Waals surface area contributed by atoms with E-state index < -0.39 is 5.92 Å². The van der Waals surface area contributed by atoms with Gasteiger partial charge in [0.25, 0.3) is 0 Å². The molecular formula is C24H22ClN3O. The quantitative estimate of drug-likeness (QED) is 0.740. The smallest absolute Gasteiger partial charge is 0.162 e. The lowest BCUT2D eigenvalue weighted by Crippen LogP contribution is -2.42. The van der Waals surface area contributed by atoms with Crippen molar-refractivity contribution in [3.8, 4) is 6.07 Å². The van der Waals surface area contributed by atoms with Crippen molar-refractivity contribution in [2.24, 2.45) is 11.1 Å². The number of hydrogen-bond donors (Lipinski definition) is 1. The van der Waals surface area contributed by atoms with Crippen molar-refractivity contribution in [2.75, 3.05) is 4.90 Å². The second-order valence-electron chi connectivity index (χ2n) is 8.37. The minimum atomic E-state index is -0.476. The van der Waals surface area contributed by atoms with E-state index in [1.807, 2.05) is 47.4 Å². The summed E-state index contributed by atoms with van der Waals surface area (Å²) in [4.78, 5) is 15.2. The van der Waals surface area contributed by atoms with Gasteiger partial charge in [0, 0.05) is 28.4 Å². The Labute approximate surface area is 175 Å². The molecule has 2 aromatic rings. The number of nitriles is 1. The van der Waals surface area contributed by atoms with E-state index in [-0.39, 0.29) is 11.2 Å². The van der Waals surface area contributed by atoms with E-state index in [0.717, 1.165) is 16.9 Å². The predicted octanol–water partition coefficient (Wildman–Crippen LogP) is 5.28. The van der Waals surface area contributed by atoms with Crippen LogP contribution in [0, 0.1) is 16.7 Å². The zero-order chi connectivity index (χ0) is 20.8. The van der Waals surface area contributed by atoms with E-state index >= 15 is 0 Å². The maximum atomic E-state index is 13.4. The van der Waals surface area contributed by atoms with E-state index in [0.29, 0.717) is 34.8 Å². The molecule has 2 aromatic carbocycles. The van der Waals surface area contributed by atoms with E-state index in [1.54, 1.807) is 12.1 Å². The van der Waals surface area contributed by atoms with Crippen molar-refractivity contribution in [1.82, 2.24) is 0 Å². The van der Waals surface area contributed by atoms with Crippen LogP contribution in [0.1, 0.15) is 38.2 Å². The third-order valence-electron chi connectivity index (χ3n) is 5.60. The maximum absolute atomic E-state index is 13.4. The molecule has 29 heavy (non-hydrogen) atoms. The largest absolute Gasteiger partial charge is 0.384 e. The second-order valence-corrected chi connectivity index (χ2v) is 8.80. The molecular weight excluding hydrogens is 382 g/mol. The number of nitrogens with two attached hydrogens (primary N) is 1. The van der Waals surface area contributed by atoms with Gasteiger partial charge in [-0.1, -0.05) is 55.8 Å². The van der Waals surface area contributed by atoms with E-state index in [9.17, 15) is 10.1 Å². The lowest BCUT2D eigenvalue weighted by atomic mass is 9.68. The molecule has 1 heterocycles. The van der Waals surface area contributed by atoms with Gasteiger partial charge in [-0.05, 0) is 41.7 Å². The van der Waals surface area contributed by atoms with Gasteiger partial charge in [-0.2, -0.15) is 5.26 Å². The zero-order valence-corrected chi connectivity index (χ0v) is 17.2. The topological polar surface area (TPSA) is 70.1 Å². The Morgan fingerprint density at radius 2 is 1.76 bits per heavy atom. The van der Waals surface area contributed by atoms with Crippen LogP contribution in [0.4, 0.5) is 5.69 Å². The summed E-state index contributed by atoms with van der Waals surface area (Å²) >= 11 is 6.07. The zero-order valence-electron chi connectivity index (χ0n) is 16.4. The molecule has 1 unspecified atom stereocenters. The lowest BCUT2D eigenvalue weighted by Gasteiger charge is -2.43. The van der Waals surface area contributed by atoms with E-state index in [2.05, 4.69) is 19.9 Å². The number of halogens is 1. The standard InChI is InChI=1S/C24H22ClN3O/c1-24(2)12-19-22(20(29)13-24)21(15-8-10-16(25)11-9-15)18(14-26)23(27)28(19)17-6-4-3-5-7-17/h3-11,21H,12-13,27H2,1-2H3. The van der Waals surface area contributed by atoms with Crippen LogP contribution in [0.25, 0.3) is 0 Å². The first-order valence-electron chi connectivity index (χ1n) is 9.59. The van der Waals surface area contributed by atoms with Crippen molar-refractivity contribution in [2.45, 2.75) is 32.6 Å². The fourth-order valence-electron chi connectivity index (χ4n) is 4.37. The number of allylic oxidation sites excluding steroid dienone is 3. The van der Waals surface area contributed by atoms with Crippen molar-refractivity contribution >= 4 is 23.1 Å². The number of nitrogens with zero attached hydrogens (tertiary/aromatic N) is 2. The fraction of sp³-hybridized carbons (Fsp3) is 0.250. The summed E-state index contributed by atoms with van der Waals surface area (Å²) in [5, 5.41) is 10.6. The molecule has 4 nitrogen and oxygen atoms in total. The SMILES string of the molecule is CC1(C)CC(=O)C2=C(C1)N(c1ccccc1)C(N)=C(C#N)C2c1ccc(Cl)cc1. The molecule has 1 aliphatic heterocycles. The number of rotatable bonds is 2. The molecule has 1 aliphatic carbocycles. The van der Waals surface area contributed by atoms with Crippen LogP contribution in [0.3, 0.4) is 0 Å². The van der Waals surface area contributed by atoms with Crippen LogP contribution < -0.4 is 10.6 Å². The Morgan fingerprint density at radius 3 is 2.38 bits per heavy atom. The number of benzene rings is 2. The van der Waals surface area contributed by atoms with Gasteiger partial charge >= 0.3 is 0 Å². The minimum Gasteiger partial charge on any atom is -0.384 e. The third kappa shape index (κ3) is 3.32. The predicted molar refractivity (Wildman–Crippen MR) is 115 cm³/mol. The molecule has 5 heteroatoms. The van der Waals surface area contributed by atoms with Gasteiger partial charge in [0.2, 0.25) is 0 Å². The Balaban J connectivity index is 1.99. The monoisotopic (exact) mass is 403 g/mol. The van der Waals surface area contributed by atoms with Gasteiger partial charge in [0.15, 0.2) is 5.78 Å². The number of Topliss-reactive ketones (excluding diaryl/α,β-unsaturated/α-hetero) is 1. The first-order chi connectivity index (χ1) is 13.8. The number of carbonyl (C=O) groups excluding carboxylic acids is 1. The molecule has 1 atom stereocenters. The first kappa shape index (κ1) is 19.3. The van der Waals surface area contributed by atoms with Crippen LogP contribution in [-0.4, -0.2) is 5.78 Å². The van der Waals surface area contributed by atoms with Gasteiger partial charge < -0.3 is 5.73 Å². The average molecular weight is 404 g/mol. The molecule has 0 spiro atoms. The summed E-state index contributed by atoms with van der Waals surface area (Å²) in [7, 11) is 0. The first-order valence-corrected chi connectivity index (χ1v) is 9.97. The Morgan fingerprint density at radius 1 is 1.10 bits per heavy atom. The molecule has 146 valence electrons. The highest BCUT2D eigenvalue weighted by Gasteiger charge is 2.44. The Kier molecular flexibility index (Phi) is 4.72. The summed E-state index contributed by atoms with van der Waals surface area (Å²) in [6, 6.07) is 19.3. The van der Waals surface area contributed by atoms with Crippen molar-refractivity contribution in [3.05, 3.63) is 87.8 Å². The summed E-state index contributed by atoms with van der Waals surface area (Å²) in [5.74, 6) is -0.0314. The maximum Gasteiger partial charge on any atom is 0.162 e. The highest BCUT2D eigenvalue weighted by molar-refractivity contribution is 6.30. The Bertz CT molecular complexity index is 1080. The average Bonchev–Trinajstić information content (AvgIpc) is 2.67. The number of hydrogen-bond acceptors (Lipinski definition) is 4. The highest BCUT2D eigenvalue weighted by Crippen LogP contribution is 2.50. The van der Waals surface area contributed by atoms with Gasteiger partial charge in [-0.3, -0.25) is 9.69 Å². The molecule has 0 bridgehead atoms. The van der Waals surface area contributed by atoms with Gasteiger partial charge in [0.1, 0.15) is 5.82 Å². The normalized spacial score (nSPS) is 21.1. The number of para-hydroxylation sites is 1. The third-order valence-corrected chi connectivity index (χ3v) is 5.85. The number of ketones is 1. The summed E-state index contributed by atoms with van der Waals surface area (Å²) in [6.07, 6.45) is 1.14. The molecule has 2 N–H and O–H groups in total.